The van der Waals surface area contributed by atoms with Crippen molar-refractivity contribution >= 4 is 11.9 Å². The molecule has 0 bridgehead atoms. The maximum Gasteiger partial charge on any atom is 0.338 e. The fraction of sp³-hybridized carbons (Fsp3) is 0.529. The van der Waals surface area contributed by atoms with E-state index in [-0.39, 0.29) is 18.6 Å². The summed E-state index contributed by atoms with van der Waals surface area (Å²) in [6, 6.07) is 6.67. The Hall–Kier alpha value is -2.08. The third-order valence-corrected chi connectivity index (χ3v) is 3.45. The van der Waals surface area contributed by atoms with Crippen molar-refractivity contribution in [2.45, 2.75) is 32.3 Å². The van der Waals surface area contributed by atoms with Crippen molar-refractivity contribution in [1.82, 2.24) is 5.32 Å². The maximum atomic E-state index is 11.9. The van der Waals surface area contributed by atoms with Crippen LogP contribution in [0.4, 0.5) is 0 Å². The Labute approximate surface area is 136 Å². The molecule has 1 aliphatic rings. The van der Waals surface area contributed by atoms with Crippen LogP contribution in [0, 0.1) is 0 Å². The molecule has 1 aliphatic heterocycles. The lowest BCUT2D eigenvalue weighted by Crippen LogP contribution is -2.34. The van der Waals surface area contributed by atoms with Crippen molar-refractivity contribution in [3.05, 3.63) is 29.8 Å². The number of benzene rings is 1. The molecule has 1 N–H and O–H groups in total. The van der Waals surface area contributed by atoms with Gasteiger partial charge in [0.05, 0.1) is 18.3 Å². The van der Waals surface area contributed by atoms with Crippen molar-refractivity contribution in [3.8, 4) is 5.75 Å². The molecule has 1 amide bonds. The second kappa shape index (κ2) is 9.15. The van der Waals surface area contributed by atoms with Crippen molar-refractivity contribution in [1.29, 1.82) is 0 Å². The highest BCUT2D eigenvalue weighted by Gasteiger charge is 2.17. The van der Waals surface area contributed by atoms with Crippen LogP contribution in [0.25, 0.3) is 0 Å². The van der Waals surface area contributed by atoms with Gasteiger partial charge >= 0.3 is 5.97 Å². The van der Waals surface area contributed by atoms with Crippen LogP contribution in [-0.2, 0) is 14.3 Å². The molecule has 1 heterocycles. The number of hydrogen-bond donors (Lipinski definition) is 1. The van der Waals surface area contributed by atoms with E-state index in [1.807, 2.05) is 6.92 Å². The average molecular weight is 321 g/mol. The molecule has 1 atom stereocenters. The van der Waals surface area contributed by atoms with Gasteiger partial charge in [0.25, 0.3) is 5.91 Å². The largest absolute Gasteiger partial charge is 0.494 e. The predicted octanol–water partition coefficient (Wildman–Crippen LogP) is 1.93. The first-order valence-corrected chi connectivity index (χ1v) is 7.97. The van der Waals surface area contributed by atoms with Gasteiger partial charge in [0, 0.05) is 13.2 Å². The molecule has 0 aromatic heterocycles. The molecule has 1 fully saturated rings. The Balaban J connectivity index is 1.69. The van der Waals surface area contributed by atoms with Gasteiger partial charge in [-0.05, 0) is 43.5 Å². The smallest absolute Gasteiger partial charge is 0.338 e. The molecule has 6 heteroatoms. The van der Waals surface area contributed by atoms with Crippen molar-refractivity contribution in [3.63, 3.8) is 0 Å². The average Bonchev–Trinajstić information content (AvgIpc) is 3.10. The number of esters is 1. The van der Waals surface area contributed by atoms with E-state index in [0.29, 0.717) is 24.5 Å². The van der Waals surface area contributed by atoms with E-state index >= 15 is 0 Å². The Morgan fingerprint density at radius 1 is 1.30 bits per heavy atom. The topological polar surface area (TPSA) is 73.9 Å². The lowest BCUT2D eigenvalue weighted by molar-refractivity contribution is -0.124. The lowest BCUT2D eigenvalue weighted by Gasteiger charge is -2.11. The van der Waals surface area contributed by atoms with E-state index in [4.69, 9.17) is 14.2 Å². The van der Waals surface area contributed by atoms with Gasteiger partial charge in [-0.1, -0.05) is 6.92 Å². The van der Waals surface area contributed by atoms with Crippen LogP contribution in [0.5, 0.6) is 5.75 Å². The summed E-state index contributed by atoms with van der Waals surface area (Å²) in [6.07, 6.45) is 2.97. The number of nitrogens with one attached hydrogen (secondary N) is 1. The van der Waals surface area contributed by atoms with E-state index in [0.717, 1.165) is 25.9 Å². The first-order valence-electron chi connectivity index (χ1n) is 7.97. The quantitative estimate of drug-likeness (QED) is 0.741. The number of carbonyl (C=O) groups excluding carboxylic acids is 2. The molecule has 1 aromatic rings. The summed E-state index contributed by atoms with van der Waals surface area (Å²) in [6.45, 7) is 3.57. The van der Waals surface area contributed by atoms with E-state index < -0.39 is 5.97 Å². The third-order valence-electron chi connectivity index (χ3n) is 3.45. The van der Waals surface area contributed by atoms with Crippen LogP contribution in [0.1, 0.15) is 36.5 Å². The van der Waals surface area contributed by atoms with Gasteiger partial charge in [-0.15, -0.1) is 0 Å². The molecule has 23 heavy (non-hydrogen) atoms. The minimum absolute atomic E-state index is 0.0744. The van der Waals surface area contributed by atoms with Crippen molar-refractivity contribution < 1.29 is 23.8 Å². The summed E-state index contributed by atoms with van der Waals surface area (Å²) in [4.78, 5) is 23.5. The van der Waals surface area contributed by atoms with Crippen molar-refractivity contribution in [2.75, 3.05) is 26.4 Å². The van der Waals surface area contributed by atoms with E-state index in [1.165, 1.54) is 0 Å². The van der Waals surface area contributed by atoms with Crippen LogP contribution < -0.4 is 10.1 Å². The van der Waals surface area contributed by atoms with Crippen LogP contribution in [0.15, 0.2) is 24.3 Å². The van der Waals surface area contributed by atoms with E-state index in [2.05, 4.69) is 5.32 Å². The molecule has 1 aromatic carbocycles. The standard InChI is InChI=1S/C17H23NO5/c1-2-9-21-14-7-5-13(6-8-14)17(20)23-12-16(19)18-11-15-4-3-10-22-15/h5-8,15H,2-4,9-12H2,1H3,(H,18,19)/t15-/m1/s1. The molecule has 1 saturated heterocycles. The zero-order valence-corrected chi connectivity index (χ0v) is 13.4. The van der Waals surface area contributed by atoms with Crippen molar-refractivity contribution in [2.24, 2.45) is 0 Å². The normalized spacial score (nSPS) is 16.8. The van der Waals surface area contributed by atoms with Gasteiger partial charge in [-0.25, -0.2) is 4.79 Å². The Bertz CT molecular complexity index is 508. The molecule has 6 nitrogen and oxygen atoms in total. The number of rotatable bonds is 8. The molecule has 0 aliphatic carbocycles. The number of carbonyl (C=O) groups is 2. The van der Waals surface area contributed by atoms with Gasteiger partial charge in [-0.3, -0.25) is 4.79 Å². The highest BCUT2D eigenvalue weighted by Crippen LogP contribution is 2.13. The summed E-state index contributed by atoms with van der Waals surface area (Å²) in [5, 5.41) is 2.70. The molecule has 0 unspecified atom stereocenters. The Kier molecular flexibility index (Phi) is 6.87. The number of ether oxygens (including phenoxy) is 3. The van der Waals surface area contributed by atoms with Gasteiger partial charge in [0.1, 0.15) is 5.75 Å². The molecular weight excluding hydrogens is 298 g/mol. The second-order valence-corrected chi connectivity index (χ2v) is 5.39. The SMILES string of the molecule is CCCOc1ccc(C(=O)OCC(=O)NC[C@H]2CCCO2)cc1. The fourth-order valence-corrected chi connectivity index (χ4v) is 2.21. The summed E-state index contributed by atoms with van der Waals surface area (Å²) in [5.74, 6) is -0.145. The third kappa shape index (κ3) is 5.90. The first-order chi connectivity index (χ1) is 11.2. The van der Waals surface area contributed by atoms with Crippen LogP contribution in [-0.4, -0.2) is 44.3 Å². The summed E-state index contributed by atoms with van der Waals surface area (Å²) in [7, 11) is 0. The van der Waals surface area contributed by atoms with Gasteiger partial charge in [-0.2, -0.15) is 0 Å². The van der Waals surface area contributed by atoms with Crippen LogP contribution >= 0.6 is 0 Å². The molecule has 0 saturated carbocycles. The Morgan fingerprint density at radius 2 is 2.09 bits per heavy atom. The number of amides is 1. The molecule has 0 radical (unpaired) electrons. The highest BCUT2D eigenvalue weighted by molar-refractivity contribution is 5.91. The zero-order valence-electron chi connectivity index (χ0n) is 13.4. The lowest BCUT2D eigenvalue weighted by atomic mass is 10.2. The molecular formula is C17H23NO5. The number of hydrogen-bond acceptors (Lipinski definition) is 5. The van der Waals surface area contributed by atoms with E-state index in [1.54, 1.807) is 24.3 Å². The monoisotopic (exact) mass is 321 g/mol. The summed E-state index contributed by atoms with van der Waals surface area (Å²) in [5.41, 5.74) is 0.390. The van der Waals surface area contributed by atoms with E-state index in [9.17, 15) is 9.59 Å². The van der Waals surface area contributed by atoms with Gasteiger partial charge in [0.2, 0.25) is 0 Å². The maximum absolute atomic E-state index is 11.9. The molecule has 126 valence electrons. The second-order valence-electron chi connectivity index (χ2n) is 5.39. The molecule has 0 spiro atoms. The predicted molar refractivity (Wildman–Crippen MR) is 84.5 cm³/mol. The highest BCUT2D eigenvalue weighted by atomic mass is 16.5. The van der Waals surface area contributed by atoms with Gasteiger partial charge in [0.15, 0.2) is 6.61 Å². The van der Waals surface area contributed by atoms with Crippen LogP contribution in [0.3, 0.4) is 0 Å². The fourth-order valence-electron chi connectivity index (χ4n) is 2.21. The Morgan fingerprint density at radius 3 is 2.74 bits per heavy atom. The van der Waals surface area contributed by atoms with Crippen LogP contribution in [0.2, 0.25) is 0 Å². The summed E-state index contributed by atoms with van der Waals surface area (Å²) >= 11 is 0. The molecule has 2 rings (SSSR count). The minimum Gasteiger partial charge on any atom is -0.494 e. The zero-order chi connectivity index (χ0) is 16.5. The van der Waals surface area contributed by atoms with Gasteiger partial charge < -0.3 is 19.5 Å². The minimum atomic E-state index is -0.528. The summed E-state index contributed by atoms with van der Waals surface area (Å²) < 4.78 is 15.8. The first kappa shape index (κ1) is 17.3.